The highest BCUT2D eigenvalue weighted by molar-refractivity contribution is 6.31. The number of aliphatic hydroxyl groups excluding tert-OH is 1. The van der Waals surface area contributed by atoms with Crippen molar-refractivity contribution in [2.24, 2.45) is 0 Å². The van der Waals surface area contributed by atoms with Gasteiger partial charge in [0.25, 0.3) is 5.91 Å². The molecule has 2 aliphatic heterocycles. The second kappa shape index (κ2) is 9.95. The summed E-state index contributed by atoms with van der Waals surface area (Å²) in [6, 6.07) is 2.08. The summed E-state index contributed by atoms with van der Waals surface area (Å²) in [4.78, 5) is 20.9. The molecule has 3 N–H and O–H groups in total. The first-order valence-electron chi connectivity index (χ1n) is 11.3. The van der Waals surface area contributed by atoms with Gasteiger partial charge in [-0.15, -0.1) is 0 Å². The van der Waals surface area contributed by atoms with Crippen molar-refractivity contribution in [3.05, 3.63) is 52.2 Å². The lowest BCUT2D eigenvalue weighted by Crippen LogP contribution is -2.50. The van der Waals surface area contributed by atoms with Crippen LogP contribution in [-0.2, 0) is 11.0 Å². The van der Waals surface area contributed by atoms with Crippen LogP contribution in [0.1, 0.15) is 17.7 Å². The molecule has 2 unspecified atom stereocenters. The number of anilines is 2. The molecule has 37 heavy (non-hydrogen) atoms. The zero-order valence-corrected chi connectivity index (χ0v) is 20.6. The number of nitrogens with one attached hydrogen (secondary N) is 1. The second-order valence-electron chi connectivity index (χ2n) is 9.29. The van der Waals surface area contributed by atoms with E-state index in [1.165, 1.54) is 18.9 Å². The molecule has 2 aromatic rings. The number of aryl methyl sites for hydroxylation is 1. The van der Waals surface area contributed by atoms with Crippen LogP contribution in [0.5, 0.6) is 0 Å². The molecule has 0 bridgehead atoms. The lowest BCUT2D eigenvalue weighted by atomic mass is 10.0. The zero-order chi connectivity index (χ0) is 27.3. The first-order chi connectivity index (χ1) is 17.2. The van der Waals surface area contributed by atoms with Crippen molar-refractivity contribution < 1.29 is 37.0 Å². The molecule has 2 fully saturated rings. The van der Waals surface area contributed by atoms with Crippen LogP contribution >= 0.6 is 11.6 Å². The number of hydrogen-bond acceptors (Lipinski definition) is 7. The highest BCUT2D eigenvalue weighted by Gasteiger charge is 2.48. The second-order valence-corrected chi connectivity index (χ2v) is 9.67. The van der Waals surface area contributed by atoms with E-state index in [0.29, 0.717) is 19.0 Å². The maximum absolute atomic E-state index is 14.7. The first kappa shape index (κ1) is 27.5. The number of alkyl halides is 3. The third-order valence-electron chi connectivity index (χ3n) is 6.56. The monoisotopic (exact) mass is 549 g/mol. The molecule has 4 rings (SSSR count). The van der Waals surface area contributed by atoms with Gasteiger partial charge in [0.1, 0.15) is 22.7 Å². The number of carbonyl (C=O) groups is 1. The third kappa shape index (κ3) is 5.36. The molecule has 14 heteroatoms. The topological polar surface area (TPSA) is 92.2 Å². The van der Waals surface area contributed by atoms with Crippen molar-refractivity contribution in [3.63, 3.8) is 0 Å². The van der Waals surface area contributed by atoms with Gasteiger partial charge in [-0.05, 0) is 44.2 Å². The minimum atomic E-state index is -4.72. The van der Waals surface area contributed by atoms with Crippen LogP contribution < -0.4 is 15.1 Å². The molecule has 0 spiro atoms. The molecule has 0 radical (unpaired) electrons. The summed E-state index contributed by atoms with van der Waals surface area (Å²) >= 11 is 5.65. The Bertz CT molecular complexity index is 1190. The maximum Gasteiger partial charge on any atom is 0.416 e. The van der Waals surface area contributed by atoms with E-state index in [0.717, 1.165) is 28.0 Å². The number of amides is 1. The molecule has 0 aliphatic carbocycles. The van der Waals surface area contributed by atoms with Crippen molar-refractivity contribution >= 4 is 29.0 Å². The number of likely N-dealkylation sites (N-methyl/N-ethyl adjacent to an activating group) is 1. The van der Waals surface area contributed by atoms with Gasteiger partial charge in [-0.3, -0.25) is 9.69 Å². The number of carbonyl (C=O) groups excluding carboxylic acids is 1. The smallest absolute Gasteiger partial charge is 0.387 e. The Kier molecular flexibility index (Phi) is 7.38. The molecule has 3 atom stereocenters. The van der Waals surface area contributed by atoms with E-state index in [2.05, 4.69) is 10.3 Å². The summed E-state index contributed by atoms with van der Waals surface area (Å²) < 4.78 is 68.9. The van der Waals surface area contributed by atoms with Crippen LogP contribution in [-0.4, -0.2) is 77.2 Å². The number of hydrogen-bond donors (Lipinski definition) is 3. The van der Waals surface area contributed by atoms with E-state index in [1.54, 1.807) is 0 Å². The number of rotatable bonds is 5. The van der Waals surface area contributed by atoms with Crippen LogP contribution in [0.4, 0.5) is 33.5 Å². The molecule has 2 saturated heterocycles. The van der Waals surface area contributed by atoms with Crippen molar-refractivity contribution in [1.82, 2.24) is 15.2 Å². The zero-order valence-electron chi connectivity index (χ0n) is 19.9. The molecule has 202 valence electrons. The third-order valence-corrected chi connectivity index (χ3v) is 6.91. The average molecular weight is 550 g/mol. The molecule has 2 aliphatic rings. The Morgan fingerprint density at radius 1 is 1.32 bits per heavy atom. The Morgan fingerprint density at radius 3 is 2.65 bits per heavy atom. The van der Waals surface area contributed by atoms with Crippen molar-refractivity contribution in [1.29, 1.82) is 0 Å². The van der Waals surface area contributed by atoms with E-state index in [-0.39, 0.29) is 36.8 Å². The SMILES string of the molecule is Cc1cc(C(F)(F)F)cc(N2C(O)N(CC3(O)CCNC3)C[C@H]2C(=O)N(C)c2ccc(F)c(Cl)c2F)n1. The van der Waals surface area contributed by atoms with Gasteiger partial charge in [0.15, 0.2) is 12.2 Å². The Balaban J connectivity index is 1.74. The highest BCUT2D eigenvalue weighted by atomic mass is 35.5. The van der Waals surface area contributed by atoms with Crippen LogP contribution in [0, 0.1) is 18.6 Å². The average Bonchev–Trinajstić information content (AvgIpc) is 3.39. The van der Waals surface area contributed by atoms with Crippen molar-refractivity contribution in [3.8, 4) is 0 Å². The van der Waals surface area contributed by atoms with E-state index >= 15 is 0 Å². The van der Waals surface area contributed by atoms with Crippen molar-refractivity contribution in [2.75, 3.05) is 43.0 Å². The molecule has 8 nitrogen and oxygen atoms in total. The van der Waals surface area contributed by atoms with Gasteiger partial charge in [0.05, 0.1) is 16.9 Å². The van der Waals surface area contributed by atoms with Gasteiger partial charge in [-0.2, -0.15) is 13.2 Å². The molecule has 3 heterocycles. The van der Waals surface area contributed by atoms with E-state index in [1.807, 2.05) is 0 Å². The standard InChI is InChI=1S/C23H25ClF5N5O3/c1-12-7-13(23(27,28)29)8-17(31-12)34-16(9-33(21(34)36)11-22(37)5-6-30-10-22)20(35)32(2)15-4-3-14(25)18(24)19(15)26/h3-4,7-8,16,21,30,36-37H,5-6,9-11H2,1-2H3/t16-,21?,22?/m0/s1. The number of pyridine rings is 1. The van der Waals surface area contributed by atoms with Crippen LogP contribution in [0.2, 0.25) is 5.02 Å². The molecule has 1 aromatic carbocycles. The fourth-order valence-electron chi connectivity index (χ4n) is 4.67. The molecular weight excluding hydrogens is 525 g/mol. The van der Waals surface area contributed by atoms with Crippen LogP contribution in [0.3, 0.4) is 0 Å². The van der Waals surface area contributed by atoms with Gasteiger partial charge < -0.3 is 25.3 Å². The fraction of sp³-hybridized carbons (Fsp3) is 0.478. The first-order valence-corrected chi connectivity index (χ1v) is 11.7. The molecule has 1 amide bonds. The predicted molar refractivity (Wildman–Crippen MR) is 125 cm³/mol. The lowest BCUT2D eigenvalue weighted by molar-refractivity contribution is -0.137. The fourth-order valence-corrected chi connectivity index (χ4v) is 4.83. The number of aromatic nitrogens is 1. The van der Waals surface area contributed by atoms with E-state index in [9.17, 15) is 37.0 Å². The minimum absolute atomic E-state index is 0.00925. The Morgan fingerprint density at radius 2 is 2.03 bits per heavy atom. The largest absolute Gasteiger partial charge is 0.416 e. The summed E-state index contributed by atoms with van der Waals surface area (Å²) in [6.07, 6.45) is -6.00. The van der Waals surface area contributed by atoms with Gasteiger partial charge >= 0.3 is 6.18 Å². The summed E-state index contributed by atoms with van der Waals surface area (Å²) in [6.45, 7) is 1.76. The Hall–Kier alpha value is -2.58. The summed E-state index contributed by atoms with van der Waals surface area (Å²) in [5.41, 5.74) is -2.65. The number of aliphatic hydroxyl groups is 2. The number of halogens is 6. The lowest BCUT2D eigenvalue weighted by Gasteiger charge is -2.33. The maximum atomic E-state index is 14.7. The molecular formula is C23H25ClF5N5O3. The number of nitrogens with zero attached hydrogens (tertiary/aromatic N) is 4. The minimum Gasteiger partial charge on any atom is -0.387 e. The quantitative estimate of drug-likeness (QED) is 0.390. The van der Waals surface area contributed by atoms with Gasteiger partial charge in [0.2, 0.25) is 0 Å². The highest BCUT2D eigenvalue weighted by Crippen LogP contribution is 2.36. The van der Waals surface area contributed by atoms with Crippen molar-refractivity contribution in [2.45, 2.75) is 37.5 Å². The van der Waals surface area contributed by atoms with Crippen LogP contribution in [0.15, 0.2) is 24.3 Å². The number of β-amino-alcohol motifs (C(OH)–C–C–N with tert-alkyl or cyclic N) is 1. The summed E-state index contributed by atoms with van der Waals surface area (Å²) in [5.74, 6) is -3.38. The normalized spacial score (nSPS) is 24.6. The van der Waals surface area contributed by atoms with Gasteiger partial charge in [0, 0.05) is 32.4 Å². The van der Waals surface area contributed by atoms with E-state index in [4.69, 9.17) is 11.6 Å². The number of benzene rings is 1. The summed E-state index contributed by atoms with van der Waals surface area (Å²) in [7, 11) is 1.20. The van der Waals surface area contributed by atoms with E-state index < -0.39 is 52.3 Å². The van der Waals surface area contributed by atoms with Gasteiger partial charge in [-0.1, -0.05) is 11.6 Å². The molecule has 0 saturated carbocycles. The summed E-state index contributed by atoms with van der Waals surface area (Å²) in [5, 5.41) is 24.2. The van der Waals surface area contributed by atoms with Gasteiger partial charge in [-0.25, -0.2) is 13.8 Å². The molecule has 1 aromatic heterocycles. The Labute approximate surface area is 214 Å². The van der Waals surface area contributed by atoms with Crippen LogP contribution in [0.25, 0.3) is 0 Å². The predicted octanol–water partition coefficient (Wildman–Crippen LogP) is 2.49.